The van der Waals surface area contributed by atoms with Crippen LogP contribution in [0.2, 0.25) is 0 Å². The van der Waals surface area contributed by atoms with Crippen molar-refractivity contribution in [2.75, 3.05) is 18.0 Å². The van der Waals surface area contributed by atoms with Crippen molar-refractivity contribution in [1.29, 1.82) is 0 Å². The van der Waals surface area contributed by atoms with Gasteiger partial charge in [0, 0.05) is 6.54 Å². The fourth-order valence-electron chi connectivity index (χ4n) is 2.46. The molecule has 1 unspecified atom stereocenters. The fourth-order valence-corrected chi connectivity index (χ4v) is 2.46. The van der Waals surface area contributed by atoms with E-state index in [1.165, 1.54) is 0 Å². The summed E-state index contributed by atoms with van der Waals surface area (Å²) in [5.41, 5.74) is 1.71. The maximum Gasteiger partial charge on any atom is 0.268 e. The second-order valence-electron chi connectivity index (χ2n) is 5.61. The average Bonchev–Trinajstić information content (AvgIpc) is 2.50. The fraction of sp³-hybridized carbons (Fsp3) is 0.529. The number of rotatable bonds is 6. The first-order chi connectivity index (χ1) is 10.6. The number of nitrogens with one attached hydrogen (secondary N) is 1. The third-order valence-corrected chi connectivity index (χ3v) is 3.74. The molecular weight excluding hydrogens is 280 g/mol. The van der Waals surface area contributed by atoms with Crippen molar-refractivity contribution in [1.82, 2.24) is 5.32 Å². The quantitative estimate of drug-likeness (QED) is 0.821. The van der Waals surface area contributed by atoms with E-state index in [1.807, 2.05) is 32.0 Å². The van der Waals surface area contributed by atoms with Crippen molar-refractivity contribution in [3.05, 3.63) is 23.8 Å². The van der Waals surface area contributed by atoms with Gasteiger partial charge in [0.05, 0.1) is 5.69 Å². The van der Waals surface area contributed by atoms with Crippen molar-refractivity contribution < 1.29 is 14.3 Å². The van der Waals surface area contributed by atoms with Crippen molar-refractivity contribution >= 4 is 17.5 Å². The van der Waals surface area contributed by atoms with Crippen LogP contribution in [-0.2, 0) is 9.59 Å². The van der Waals surface area contributed by atoms with Crippen LogP contribution in [0.3, 0.4) is 0 Å². The third-order valence-electron chi connectivity index (χ3n) is 3.74. The van der Waals surface area contributed by atoms with E-state index < -0.39 is 6.10 Å². The summed E-state index contributed by atoms with van der Waals surface area (Å²) in [6, 6.07) is 5.70. The number of carbonyl (C=O) groups is 2. The lowest BCUT2D eigenvalue weighted by Gasteiger charge is -2.33. The van der Waals surface area contributed by atoms with E-state index in [0.717, 1.165) is 18.4 Å². The maximum absolute atomic E-state index is 12.5. The van der Waals surface area contributed by atoms with Crippen molar-refractivity contribution in [3.8, 4) is 5.75 Å². The normalized spacial score (nSPS) is 17.0. The predicted octanol–water partition coefficient (Wildman–Crippen LogP) is 2.42. The van der Waals surface area contributed by atoms with Crippen molar-refractivity contribution in [2.45, 2.75) is 46.1 Å². The summed E-state index contributed by atoms with van der Waals surface area (Å²) < 4.78 is 5.74. The molecule has 0 saturated carbocycles. The Morgan fingerprint density at radius 2 is 2.14 bits per heavy atom. The molecule has 0 aliphatic carbocycles. The van der Waals surface area contributed by atoms with E-state index in [9.17, 15) is 9.59 Å². The Balaban J connectivity index is 2.18. The zero-order valence-electron chi connectivity index (χ0n) is 13.5. The first kappa shape index (κ1) is 16.3. The zero-order chi connectivity index (χ0) is 16.1. The molecule has 22 heavy (non-hydrogen) atoms. The molecule has 1 atom stereocenters. The van der Waals surface area contributed by atoms with Gasteiger partial charge in [0.1, 0.15) is 12.3 Å². The highest BCUT2D eigenvalue weighted by molar-refractivity contribution is 6.03. The lowest BCUT2D eigenvalue weighted by atomic mass is 10.1. The summed E-state index contributed by atoms with van der Waals surface area (Å²) in [7, 11) is 0. The highest BCUT2D eigenvalue weighted by Gasteiger charge is 2.34. The average molecular weight is 304 g/mol. The number of amides is 2. The number of unbranched alkanes of at least 4 members (excludes halogenated alkanes) is 1. The van der Waals surface area contributed by atoms with E-state index >= 15 is 0 Å². The summed E-state index contributed by atoms with van der Waals surface area (Å²) in [6.45, 7) is 6.62. The van der Waals surface area contributed by atoms with E-state index in [4.69, 9.17) is 4.74 Å². The lowest BCUT2D eigenvalue weighted by Crippen LogP contribution is -2.49. The van der Waals surface area contributed by atoms with Crippen LogP contribution in [0.4, 0.5) is 5.69 Å². The summed E-state index contributed by atoms with van der Waals surface area (Å²) in [6.07, 6.45) is 2.03. The monoisotopic (exact) mass is 304 g/mol. The van der Waals surface area contributed by atoms with Crippen LogP contribution in [0.5, 0.6) is 5.75 Å². The summed E-state index contributed by atoms with van der Waals surface area (Å²) in [4.78, 5) is 26.1. The number of ether oxygens (including phenoxy) is 1. The Kier molecular flexibility index (Phi) is 5.41. The molecule has 5 nitrogen and oxygen atoms in total. The molecule has 1 aromatic rings. The molecule has 1 heterocycles. The number of hydrogen-bond acceptors (Lipinski definition) is 3. The Hall–Kier alpha value is -2.04. The van der Waals surface area contributed by atoms with Gasteiger partial charge in [-0.05, 0) is 37.5 Å². The number of anilines is 1. The highest BCUT2D eigenvalue weighted by Crippen LogP contribution is 2.35. The van der Waals surface area contributed by atoms with Gasteiger partial charge >= 0.3 is 0 Å². The smallest absolute Gasteiger partial charge is 0.268 e. The van der Waals surface area contributed by atoms with Crippen LogP contribution in [-0.4, -0.2) is 31.0 Å². The SMILES string of the molecule is CCCCNC(=O)CN1C(=O)C(CC)Oc2ccc(C)cc21. The number of nitrogens with zero attached hydrogens (tertiary/aromatic N) is 1. The number of carbonyl (C=O) groups excluding carboxylic acids is 2. The maximum atomic E-state index is 12.5. The van der Waals surface area contributed by atoms with E-state index in [1.54, 1.807) is 4.90 Å². The van der Waals surface area contributed by atoms with E-state index in [-0.39, 0.29) is 18.4 Å². The molecule has 0 saturated heterocycles. The van der Waals surface area contributed by atoms with Crippen molar-refractivity contribution in [2.24, 2.45) is 0 Å². The Morgan fingerprint density at radius 1 is 1.36 bits per heavy atom. The van der Waals surface area contributed by atoms with E-state index in [2.05, 4.69) is 12.2 Å². The Morgan fingerprint density at radius 3 is 2.82 bits per heavy atom. The lowest BCUT2D eigenvalue weighted by molar-refractivity contribution is -0.129. The van der Waals surface area contributed by atoms with Gasteiger partial charge in [0.25, 0.3) is 5.91 Å². The van der Waals surface area contributed by atoms with Crippen LogP contribution in [0.15, 0.2) is 18.2 Å². The molecule has 2 amide bonds. The van der Waals surface area contributed by atoms with Gasteiger partial charge in [0.15, 0.2) is 6.10 Å². The summed E-state index contributed by atoms with van der Waals surface area (Å²) in [5.74, 6) is 0.385. The number of aryl methyl sites for hydroxylation is 1. The van der Waals surface area contributed by atoms with Gasteiger partial charge in [-0.3, -0.25) is 14.5 Å². The molecule has 0 aromatic heterocycles. The molecule has 2 rings (SSSR count). The largest absolute Gasteiger partial charge is 0.478 e. The van der Waals surface area contributed by atoms with Crippen LogP contribution < -0.4 is 15.0 Å². The van der Waals surface area contributed by atoms with E-state index in [0.29, 0.717) is 24.4 Å². The molecule has 0 spiro atoms. The predicted molar refractivity (Wildman–Crippen MR) is 86.2 cm³/mol. The van der Waals surface area contributed by atoms with Gasteiger partial charge in [-0.1, -0.05) is 26.3 Å². The van der Waals surface area contributed by atoms with Crippen LogP contribution >= 0.6 is 0 Å². The molecule has 120 valence electrons. The van der Waals surface area contributed by atoms with Crippen LogP contribution in [0.1, 0.15) is 38.7 Å². The summed E-state index contributed by atoms with van der Waals surface area (Å²) in [5, 5.41) is 2.86. The highest BCUT2D eigenvalue weighted by atomic mass is 16.5. The molecule has 0 radical (unpaired) electrons. The molecule has 1 aliphatic heterocycles. The minimum Gasteiger partial charge on any atom is -0.478 e. The van der Waals surface area contributed by atoms with Gasteiger partial charge in [-0.15, -0.1) is 0 Å². The number of hydrogen-bond donors (Lipinski definition) is 1. The first-order valence-corrected chi connectivity index (χ1v) is 7.92. The van der Waals surface area contributed by atoms with Gasteiger partial charge < -0.3 is 10.1 Å². The molecule has 1 aromatic carbocycles. The minimum atomic E-state index is -0.515. The van der Waals surface area contributed by atoms with Gasteiger partial charge in [-0.25, -0.2) is 0 Å². The minimum absolute atomic E-state index is 0.0405. The zero-order valence-corrected chi connectivity index (χ0v) is 13.5. The Labute approximate surface area is 131 Å². The van der Waals surface area contributed by atoms with Crippen molar-refractivity contribution in [3.63, 3.8) is 0 Å². The molecule has 0 fully saturated rings. The second kappa shape index (κ2) is 7.29. The topological polar surface area (TPSA) is 58.6 Å². The Bertz CT molecular complexity index is 557. The van der Waals surface area contributed by atoms with Crippen LogP contribution in [0, 0.1) is 6.92 Å². The van der Waals surface area contributed by atoms with Gasteiger partial charge in [0.2, 0.25) is 5.91 Å². The molecule has 5 heteroatoms. The van der Waals surface area contributed by atoms with Gasteiger partial charge in [-0.2, -0.15) is 0 Å². The summed E-state index contributed by atoms with van der Waals surface area (Å²) >= 11 is 0. The second-order valence-corrected chi connectivity index (χ2v) is 5.61. The molecular formula is C17H24N2O3. The molecule has 1 N–H and O–H groups in total. The first-order valence-electron chi connectivity index (χ1n) is 7.92. The van der Waals surface area contributed by atoms with Crippen LogP contribution in [0.25, 0.3) is 0 Å². The number of benzene rings is 1. The third kappa shape index (κ3) is 3.59. The molecule has 1 aliphatic rings. The standard InChI is InChI=1S/C17H24N2O3/c1-4-6-9-18-16(20)11-19-13-10-12(3)7-8-15(13)22-14(5-2)17(19)21/h7-8,10,14H,4-6,9,11H2,1-3H3,(H,18,20). The molecule has 0 bridgehead atoms. The number of fused-ring (bicyclic) bond motifs is 1.